The number of hydrogen-bond acceptors (Lipinski definition) is 7. The molecule has 3 amide bonds. The summed E-state index contributed by atoms with van der Waals surface area (Å²) in [5.74, 6) is -1.99. The summed E-state index contributed by atoms with van der Waals surface area (Å²) in [6.07, 6.45) is 0. The molecular formula is C11H6N4O4S2. The molecule has 0 radical (unpaired) electrons. The molecule has 10 heteroatoms. The van der Waals surface area contributed by atoms with Crippen LogP contribution in [-0.4, -0.2) is 28.3 Å². The molecule has 0 aromatic heterocycles. The van der Waals surface area contributed by atoms with Crippen molar-refractivity contribution in [2.24, 2.45) is 10.2 Å². The zero-order chi connectivity index (χ0) is 15.1. The lowest BCUT2D eigenvalue weighted by atomic mass is 10.0. The number of rotatable bonds is 2. The lowest BCUT2D eigenvalue weighted by Crippen LogP contribution is -2.32. The van der Waals surface area contributed by atoms with Crippen LogP contribution in [0.15, 0.2) is 27.3 Å². The molecule has 1 atom stereocenters. The lowest BCUT2D eigenvalue weighted by Gasteiger charge is -2.17. The van der Waals surface area contributed by atoms with Gasteiger partial charge in [0.25, 0.3) is 16.9 Å². The second-order valence-corrected chi connectivity index (χ2v) is 5.62. The number of nitrogens with one attached hydrogen (secondary N) is 2. The first-order valence-electron chi connectivity index (χ1n) is 5.62. The minimum absolute atomic E-state index is 0.0454. The number of thiol groups is 1. The highest BCUT2D eigenvalue weighted by Gasteiger charge is 2.32. The second kappa shape index (κ2) is 4.97. The molecule has 1 aromatic carbocycles. The van der Waals surface area contributed by atoms with E-state index in [0.29, 0.717) is 5.69 Å². The van der Waals surface area contributed by atoms with Crippen LogP contribution in [0.3, 0.4) is 0 Å². The van der Waals surface area contributed by atoms with Gasteiger partial charge in [-0.25, -0.2) is 0 Å². The van der Waals surface area contributed by atoms with E-state index in [4.69, 9.17) is 0 Å². The Morgan fingerprint density at radius 3 is 2.52 bits per heavy atom. The predicted octanol–water partition coefficient (Wildman–Crippen LogP) is 0.807. The maximum atomic E-state index is 11.7. The van der Waals surface area contributed by atoms with Gasteiger partial charge >= 0.3 is 5.91 Å². The van der Waals surface area contributed by atoms with Gasteiger partial charge < -0.3 is 10.6 Å². The highest BCUT2D eigenvalue weighted by atomic mass is 32.2. The molecule has 1 fully saturated rings. The van der Waals surface area contributed by atoms with Gasteiger partial charge in [-0.3, -0.25) is 19.2 Å². The minimum atomic E-state index is -0.698. The molecule has 0 bridgehead atoms. The van der Waals surface area contributed by atoms with Crippen LogP contribution in [0, 0.1) is 0 Å². The Labute approximate surface area is 127 Å². The summed E-state index contributed by atoms with van der Waals surface area (Å²) in [6, 6.07) is 2.93. The Morgan fingerprint density at radius 2 is 1.86 bits per heavy atom. The maximum Gasteiger partial charge on any atom is 0.301 e. The van der Waals surface area contributed by atoms with E-state index in [2.05, 4.69) is 33.5 Å². The van der Waals surface area contributed by atoms with Crippen molar-refractivity contribution in [2.45, 2.75) is 10.4 Å². The van der Waals surface area contributed by atoms with Gasteiger partial charge in [0.15, 0.2) is 5.50 Å². The van der Waals surface area contributed by atoms with Gasteiger partial charge in [0, 0.05) is 4.90 Å². The van der Waals surface area contributed by atoms with Crippen LogP contribution < -0.4 is 10.6 Å². The van der Waals surface area contributed by atoms with E-state index in [0.717, 1.165) is 11.8 Å². The summed E-state index contributed by atoms with van der Waals surface area (Å²) in [5.41, 5.74) is -0.110. The van der Waals surface area contributed by atoms with Gasteiger partial charge in [-0.2, -0.15) is 0 Å². The fraction of sp³-hybridized carbons (Fsp3) is 0.0909. The molecule has 8 nitrogen and oxygen atoms in total. The molecule has 0 saturated carbocycles. The summed E-state index contributed by atoms with van der Waals surface area (Å²) in [5, 5.41) is 11.1. The summed E-state index contributed by atoms with van der Waals surface area (Å²) in [7, 11) is 0. The van der Waals surface area contributed by atoms with Gasteiger partial charge in [-0.1, -0.05) is 0 Å². The standard InChI is InChI=1S/C11H6N4O4S2/c16-7-3-1-2-4(6(20)5(3)8(17)15-14-7)12-11-13-9(18)10(19)21-11/h1-2,11-12,20H,(H,13,18). The van der Waals surface area contributed by atoms with E-state index in [1.54, 1.807) is 0 Å². The Balaban J connectivity index is 1.94. The molecule has 0 aliphatic carbocycles. The Kier molecular flexibility index (Phi) is 3.26. The van der Waals surface area contributed by atoms with E-state index in [1.807, 2.05) is 0 Å². The largest absolute Gasteiger partial charge is 0.355 e. The number of amides is 3. The normalized spacial score (nSPS) is 20.5. The van der Waals surface area contributed by atoms with Gasteiger partial charge in [-0.05, 0) is 23.9 Å². The van der Waals surface area contributed by atoms with E-state index in [1.165, 1.54) is 12.1 Å². The fourth-order valence-corrected chi connectivity index (χ4v) is 2.96. The molecule has 21 heavy (non-hydrogen) atoms. The quantitative estimate of drug-likeness (QED) is 0.548. The van der Waals surface area contributed by atoms with Crippen molar-refractivity contribution in [3.63, 3.8) is 0 Å². The van der Waals surface area contributed by atoms with Crippen molar-refractivity contribution in [3.8, 4) is 0 Å². The molecule has 1 aromatic rings. The Hall–Kier alpha value is -2.20. The third kappa shape index (κ3) is 2.32. The molecule has 1 unspecified atom stereocenters. The van der Waals surface area contributed by atoms with E-state index in [9.17, 15) is 19.2 Å². The van der Waals surface area contributed by atoms with Crippen LogP contribution in [0.5, 0.6) is 0 Å². The van der Waals surface area contributed by atoms with Crippen LogP contribution in [0.1, 0.15) is 20.7 Å². The Morgan fingerprint density at radius 1 is 1.14 bits per heavy atom. The predicted molar refractivity (Wildman–Crippen MR) is 75.4 cm³/mol. The number of nitrogens with zero attached hydrogens (tertiary/aromatic N) is 2. The Bertz CT molecular complexity index is 730. The number of benzene rings is 1. The van der Waals surface area contributed by atoms with Crippen molar-refractivity contribution in [3.05, 3.63) is 23.3 Å². The molecule has 2 aliphatic rings. The monoisotopic (exact) mass is 322 g/mol. The van der Waals surface area contributed by atoms with Crippen molar-refractivity contribution in [2.75, 3.05) is 5.32 Å². The first kappa shape index (κ1) is 13.8. The van der Waals surface area contributed by atoms with Crippen molar-refractivity contribution in [1.82, 2.24) is 5.32 Å². The molecule has 1 saturated heterocycles. The number of azo groups is 1. The zero-order valence-corrected chi connectivity index (χ0v) is 11.8. The number of fused-ring (bicyclic) bond motifs is 1. The third-order valence-corrected chi connectivity index (χ3v) is 4.15. The first-order valence-corrected chi connectivity index (χ1v) is 6.94. The van der Waals surface area contributed by atoms with Crippen molar-refractivity contribution in [1.29, 1.82) is 0 Å². The van der Waals surface area contributed by atoms with Crippen LogP contribution in [0.25, 0.3) is 0 Å². The molecule has 3 rings (SSSR count). The van der Waals surface area contributed by atoms with Gasteiger partial charge in [0.2, 0.25) is 0 Å². The molecule has 106 valence electrons. The van der Waals surface area contributed by atoms with Gasteiger partial charge in [0.1, 0.15) is 0 Å². The highest BCUT2D eigenvalue weighted by Crippen LogP contribution is 2.32. The van der Waals surface area contributed by atoms with E-state index < -0.39 is 28.3 Å². The topological polar surface area (TPSA) is 117 Å². The first-order chi connectivity index (χ1) is 9.97. The summed E-state index contributed by atoms with van der Waals surface area (Å²) in [4.78, 5) is 45.8. The van der Waals surface area contributed by atoms with E-state index in [-0.39, 0.29) is 16.0 Å². The highest BCUT2D eigenvalue weighted by molar-refractivity contribution is 8.16. The SMILES string of the molecule is O=C1NC(Nc2ccc3c(c2S)C(=O)N=NC3=O)SC1=O. The van der Waals surface area contributed by atoms with Gasteiger partial charge in [-0.15, -0.1) is 22.9 Å². The van der Waals surface area contributed by atoms with Crippen LogP contribution in [0.4, 0.5) is 5.69 Å². The number of hydrogen-bond donors (Lipinski definition) is 3. The summed E-state index contributed by atoms with van der Waals surface area (Å²) >= 11 is 5.00. The molecule has 0 spiro atoms. The van der Waals surface area contributed by atoms with E-state index >= 15 is 0 Å². The minimum Gasteiger partial charge on any atom is -0.355 e. The number of thioether (sulfide) groups is 1. The molecule has 2 aliphatic heterocycles. The van der Waals surface area contributed by atoms with Crippen LogP contribution in [-0.2, 0) is 9.59 Å². The summed E-state index contributed by atoms with van der Waals surface area (Å²) < 4.78 is 0. The number of anilines is 1. The third-order valence-electron chi connectivity index (χ3n) is 2.81. The number of carbonyl (C=O) groups excluding carboxylic acids is 4. The van der Waals surface area contributed by atoms with Crippen LogP contribution in [0.2, 0.25) is 0 Å². The van der Waals surface area contributed by atoms with Crippen LogP contribution >= 0.6 is 24.4 Å². The van der Waals surface area contributed by atoms with Crippen molar-refractivity contribution < 1.29 is 19.2 Å². The number of carbonyl (C=O) groups is 4. The molecular weight excluding hydrogens is 316 g/mol. The summed E-state index contributed by atoms with van der Waals surface area (Å²) in [6.45, 7) is 0. The molecule has 2 heterocycles. The lowest BCUT2D eigenvalue weighted by molar-refractivity contribution is -0.132. The maximum absolute atomic E-state index is 11.7. The molecule has 2 N–H and O–H groups in total. The van der Waals surface area contributed by atoms with Crippen molar-refractivity contribution >= 4 is 52.9 Å². The smallest absolute Gasteiger partial charge is 0.301 e. The average Bonchev–Trinajstić information content (AvgIpc) is 2.75. The second-order valence-electron chi connectivity index (χ2n) is 4.10. The van der Waals surface area contributed by atoms with Gasteiger partial charge in [0.05, 0.1) is 16.8 Å². The zero-order valence-electron chi connectivity index (χ0n) is 10.1. The average molecular weight is 322 g/mol. The fourth-order valence-electron chi connectivity index (χ4n) is 1.87.